The highest BCUT2D eigenvalue weighted by Gasteiger charge is 2.00. The Bertz CT molecular complexity index is 320. The number of nitrogens with one attached hydrogen (secondary N) is 1. The molecule has 0 atom stereocenters. The van der Waals surface area contributed by atoms with Crippen molar-refractivity contribution in [3.8, 4) is 0 Å². The molecule has 1 aromatic heterocycles. The van der Waals surface area contributed by atoms with E-state index in [0.29, 0.717) is 24.2 Å². The Morgan fingerprint density at radius 2 is 2.40 bits per heavy atom. The zero-order chi connectivity index (χ0) is 11.1. The largest absolute Gasteiger partial charge is 0.370 e. The lowest BCUT2D eigenvalue weighted by molar-refractivity contribution is 0.376. The molecule has 6 heteroatoms. The molecule has 0 saturated carbocycles. The van der Waals surface area contributed by atoms with E-state index >= 15 is 0 Å². The van der Waals surface area contributed by atoms with Crippen molar-refractivity contribution in [1.82, 2.24) is 15.5 Å². The van der Waals surface area contributed by atoms with Gasteiger partial charge >= 0.3 is 0 Å². The van der Waals surface area contributed by atoms with E-state index in [2.05, 4.69) is 27.4 Å². The van der Waals surface area contributed by atoms with Crippen molar-refractivity contribution in [1.29, 1.82) is 0 Å². The van der Waals surface area contributed by atoms with Crippen LogP contribution in [0.1, 0.15) is 31.5 Å². The molecule has 3 N–H and O–H groups in total. The Kier molecular flexibility index (Phi) is 4.59. The summed E-state index contributed by atoms with van der Waals surface area (Å²) >= 11 is 0. The summed E-state index contributed by atoms with van der Waals surface area (Å²) in [7, 11) is 0. The van der Waals surface area contributed by atoms with Gasteiger partial charge in [0.05, 0.1) is 0 Å². The minimum absolute atomic E-state index is 0.325. The number of aryl methyl sites for hydroxylation is 1. The van der Waals surface area contributed by atoms with Crippen molar-refractivity contribution in [2.75, 3.05) is 6.54 Å². The Morgan fingerprint density at radius 3 is 3.00 bits per heavy atom. The fourth-order valence-corrected chi connectivity index (χ4v) is 1.01. The van der Waals surface area contributed by atoms with Crippen LogP contribution in [0.3, 0.4) is 0 Å². The van der Waals surface area contributed by atoms with Gasteiger partial charge < -0.3 is 15.6 Å². The van der Waals surface area contributed by atoms with Gasteiger partial charge in [-0.25, -0.2) is 4.99 Å². The molecule has 0 aliphatic heterocycles. The lowest BCUT2D eigenvalue weighted by Crippen LogP contribution is -2.32. The summed E-state index contributed by atoms with van der Waals surface area (Å²) in [6.07, 6.45) is 2.21. The molecule has 0 unspecified atom stereocenters. The maximum absolute atomic E-state index is 5.62. The molecule has 84 valence electrons. The number of rotatable bonds is 5. The van der Waals surface area contributed by atoms with Crippen molar-refractivity contribution in [3.63, 3.8) is 0 Å². The van der Waals surface area contributed by atoms with Gasteiger partial charge in [0.15, 0.2) is 11.8 Å². The molecule has 15 heavy (non-hydrogen) atoms. The van der Waals surface area contributed by atoms with Crippen LogP contribution in [0.4, 0.5) is 0 Å². The van der Waals surface area contributed by atoms with Gasteiger partial charge in [0.2, 0.25) is 5.89 Å². The van der Waals surface area contributed by atoms with Crippen LogP contribution in [0.2, 0.25) is 0 Å². The number of unbranched alkanes of at least 4 members (excludes halogenated alkanes) is 1. The molecule has 0 amide bonds. The summed E-state index contributed by atoms with van der Waals surface area (Å²) in [6.45, 7) is 5.05. The molecule has 0 bridgehead atoms. The van der Waals surface area contributed by atoms with E-state index in [1.165, 1.54) is 0 Å². The first kappa shape index (κ1) is 11.5. The van der Waals surface area contributed by atoms with E-state index in [-0.39, 0.29) is 0 Å². The van der Waals surface area contributed by atoms with Crippen molar-refractivity contribution in [2.24, 2.45) is 10.7 Å². The molecular weight excluding hydrogens is 194 g/mol. The van der Waals surface area contributed by atoms with E-state index in [1.807, 2.05) is 0 Å². The highest BCUT2D eigenvalue weighted by atomic mass is 16.5. The number of hydrogen-bond acceptors (Lipinski definition) is 4. The van der Waals surface area contributed by atoms with Crippen LogP contribution in [0.25, 0.3) is 0 Å². The summed E-state index contributed by atoms with van der Waals surface area (Å²) < 4.78 is 4.89. The SMILES string of the molecule is CCCCNC(N)=NCc1nc(C)no1. The van der Waals surface area contributed by atoms with Crippen LogP contribution >= 0.6 is 0 Å². The van der Waals surface area contributed by atoms with Crippen molar-refractivity contribution in [3.05, 3.63) is 11.7 Å². The normalized spacial score (nSPS) is 11.7. The Morgan fingerprint density at radius 1 is 1.60 bits per heavy atom. The molecule has 1 rings (SSSR count). The van der Waals surface area contributed by atoms with E-state index in [4.69, 9.17) is 10.3 Å². The maximum atomic E-state index is 5.62. The Hall–Kier alpha value is -1.59. The van der Waals surface area contributed by atoms with Crippen molar-refractivity contribution in [2.45, 2.75) is 33.2 Å². The second kappa shape index (κ2) is 6.00. The Balaban J connectivity index is 2.30. The van der Waals surface area contributed by atoms with Gasteiger partial charge in [-0.1, -0.05) is 18.5 Å². The van der Waals surface area contributed by atoms with Crippen LogP contribution in [0, 0.1) is 6.92 Å². The van der Waals surface area contributed by atoms with Gasteiger partial charge in [0, 0.05) is 6.54 Å². The molecular formula is C9H17N5O. The van der Waals surface area contributed by atoms with Crippen LogP contribution < -0.4 is 11.1 Å². The third-order valence-electron chi connectivity index (χ3n) is 1.79. The molecule has 1 aromatic rings. The van der Waals surface area contributed by atoms with Crippen molar-refractivity contribution < 1.29 is 4.52 Å². The predicted octanol–water partition coefficient (Wildman–Crippen LogP) is 0.582. The lowest BCUT2D eigenvalue weighted by Gasteiger charge is -2.02. The molecule has 0 aliphatic rings. The topological polar surface area (TPSA) is 89.3 Å². The van der Waals surface area contributed by atoms with Crippen LogP contribution in [-0.2, 0) is 6.54 Å². The van der Waals surface area contributed by atoms with E-state index in [9.17, 15) is 0 Å². The summed E-state index contributed by atoms with van der Waals surface area (Å²) in [5, 5.41) is 6.65. The molecule has 6 nitrogen and oxygen atoms in total. The third-order valence-corrected chi connectivity index (χ3v) is 1.79. The fourth-order valence-electron chi connectivity index (χ4n) is 1.01. The number of hydrogen-bond donors (Lipinski definition) is 2. The molecule has 0 aliphatic carbocycles. The maximum Gasteiger partial charge on any atom is 0.248 e. The monoisotopic (exact) mass is 211 g/mol. The zero-order valence-electron chi connectivity index (χ0n) is 9.16. The van der Waals surface area contributed by atoms with Gasteiger partial charge in [0.25, 0.3) is 0 Å². The van der Waals surface area contributed by atoms with Crippen LogP contribution in [-0.4, -0.2) is 22.6 Å². The second-order valence-corrected chi connectivity index (χ2v) is 3.22. The zero-order valence-corrected chi connectivity index (χ0v) is 9.16. The van der Waals surface area contributed by atoms with Gasteiger partial charge in [-0.05, 0) is 13.3 Å². The number of guanidine groups is 1. The first-order chi connectivity index (χ1) is 7.22. The predicted molar refractivity (Wildman–Crippen MR) is 57.3 cm³/mol. The number of aliphatic imine (C=N–C) groups is 1. The highest BCUT2D eigenvalue weighted by Crippen LogP contribution is 1.96. The van der Waals surface area contributed by atoms with Gasteiger partial charge in [-0.2, -0.15) is 4.98 Å². The van der Waals surface area contributed by atoms with Gasteiger partial charge in [-0.3, -0.25) is 0 Å². The third kappa shape index (κ3) is 4.44. The lowest BCUT2D eigenvalue weighted by atomic mass is 10.3. The quantitative estimate of drug-likeness (QED) is 0.422. The molecule has 0 fully saturated rings. The number of nitrogens with zero attached hydrogens (tertiary/aromatic N) is 3. The first-order valence-electron chi connectivity index (χ1n) is 5.05. The fraction of sp³-hybridized carbons (Fsp3) is 0.667. The van der Waals surface area contributed by atoms with Crippen LogP contribution in [0.15, 0.2) is 9.52 Å². The smallest absolute Gasteiger partial charge is 0.248 e. The Labute approximate surface area is 89.0 Å². The van der Waals surface area contributed by atoms with Gasteiger partial charge in [0.1, 0.15) is 6.54 Å². The average molecular weight is 211 g/mol. The highest BCUT2D eigenvalue weighted by molar-refractivity contribution is 5.77. The molecule has 0 spiro atoms. The molecule has 0 radical (unpaired) electrons. The number of aromatic nitrogens is 2. The minimum atomic E-state index is 0.325. The summed E-state index contributed by atoms with van der Waals surface area (Å²) in [5.74, 6) is 1.50. The second-order valence-electron chi connectivity index (χ2n) is 3.22. The molecule has 0 saturated heterocycles. The van der Waals surface area contributed by atoms with E-state index < -0.39 is 0 Å². The average Bonchev–Trinajstić information content (AvgIpc) is 2.62. The number of nitrogens with two attached hydrogens (primary N) is 1. The van der Waals surface area contributed by atoms with E-state index in [1.54, 1.807) is 6.92 Å². The van der Waals surface area contributed by atoms with Gasteiger partial charge in [-0.15, -0.1) is 0 Å². The minimum Gasteiger partial charge on any atom is -0.370 e. The summed E-state index contributed by atoms with van der Waals surface area (Å²) in [6, 6.07) is 0. The standard InChI is InChI=1S/C9H17N5O/c1-3-4-5-11-9(10)12-6-8-13-7(2)14-15-8/h3-6H2,1-2H3,(H3,10,11,12). The summed E-state index contributed by atoms with van der Waals surface area (Å²) in [5.41, 5.74) is 5.62. The molecule has 0 aromatic carbocycles. The first-order valence-corrected chi connectivity index (χ1v) is 5.05. The molecule has 1 heterocycles. The van der Waals surface area contributed by atoms with E-state index in [0.717, 1.165) is 19.4 Å². The van der Waals surface area contributed by atoms with Crippen molar-refractivity contribution >= 4 is 5.96 Å². The van der Waals surface area contributed by atoms with Crippen LogP contribution in [0.5, 0.6) is 0 Å². The summed E-state index contributed by atoms with van der Waals surface area (Å²) in [4.78, 5) is 8.08.